The molecule has 3 rings (SSSR count). The first-order valence-corrected chi connectivity index (χ1v) is 10.8. The van der Waals surface area contributed by atoms with Gasteiger partial charge in [0.05, 0.1) is 0 Å². The molecule has 7 heteroatoms. The SMILES string of the molecule is CCCN1CCC(NC(=NC)NCCc2ccc(-c3nc(CC)no3)cc2)CC1. The highest BCUT2D eigenvalue weighted by atomic mass is 16.5. The molecule has 158 valence electrons. The Morgan fingerprint density at radius 2 is 1.97 bits per heavy atom. The van der Waals surface area contributed by atoms with E-state index in [1.54, 1.807) is 0 Å². The average molecular weight is 399 g/mol. The minimum absolute atomic E-state index is 0.510. The van der Waals surface area contributed by atoms with Crippen molar-refractivity contribution in [2.24, 2.45) is 4.99 Å². The van der Waals surface area contributed by atoms with Crippen LogP contribution < -0.4 is 10.6 Å². The van der Waals surface area contributed by atoms with E-state index in [9.17, 15) is 0 Å². The first kappa shape index (κ1) is 21.3. The van der Waals surface area contributed by atoms with Crippen molar-refractivity contribution < 1.29 is 4.52 Å². The largest absolute Gasteiger partial charge is 0.356 e. The van der Waals surface area contributed by atoms with E-state index >= 15 is 0 Å². The molecular weight excluding hydrogens is 364 g/mol. The van der Waals surface area contributed by atoms with Crippen LogP contribution in [0.15, 0.2) is 33.8 Å². The number of nitrogens with zero attached hydrogens (tertiary/aromatic N) is 4. The van der Waals surface area contributed by atoms with Crippen LogP contribution in [0.25, 0.3) is 11.5 Å². The number of likely N-dealkylation sites (tertiary alicyclic amines) is 1. The van der Waals surface area contributed by atoms with Gasteiger partial charge in [-0.25, -0.2) is 0 Å². The topological polar surface area (TPSA) is 78.6 Å². The molecule has 1 aromatic heterocycles. The highest BCUT2D eigenvalue weighted by molar-refractivity contribution is 5.79. The molecule has 2 N–H and O–H groups in total. The summed E-state index contributed by atoms with van der Waals surface area (Å²) in [7, 11) is 1.84. The molecule has 1 fully saturated rings. The molecule has 7 nitrogen and oxygen atoms in total. The summed E-state index contributed by atoms with van der Waals surface area (Å²) in [6, 6.07) is 8.83. The zero-order valence-corrected chi connectivity index (χ0v) is 17.9. The van der Waals surface area contributed by atoms with Crippen molar-refractivity contribution in [1.82, 2.24) is 25.7 Å². The van der Waals surface area contributed by atoms with Crippen LogP contribution in [0.5, 0.6) is 0 Å². The Morgan fingerprint density at radius 3 is 2.59 bits per heavy atom. The van der Waals surface area contributed by atoms with E-state index in [1.165, 1.54) is 44.5 Å². The Bertz CT molecular complexity index is 762. The van der Waals surface area contributed by atoms with Crippen molar-refractivity contribution in [3.8, 4) is 11.5 Å². The number of hydrogen-bond acceptors (Lipinski definition) is 5. The third kappa shape index (κ3) is 6.29. The molecule has 1 saturated heterocycles. The van der Waals surface area contributed by atoms with Crippen molar-refractivity contribution >= 4 is 5.96 Å². The molecule has 29 heavy (non-hydrogen) atoms. The summed E-state index contributed by atoms with van der Waals surface area (Å²) in [6.45, 7) is 8.67. The number of benzene rings is 1. The molecule has 0 unspecified atom stereocenters. The van der Waals surface area contributed by atoms with Crippen LogP contribution in [-0.4, -0.2) is 60.3 Å². The predicted molar refractivity (Wildman–Crippen MR) is 117 cm³/mol. The van der Waals surface area contributed by atoms with Gasteiger partial charge in [0, 0.05) is 44.7 Å². The fraction of sp³-hybridized carbons (Fsp3) is 0.591. The number of guanidine groups is 1. The van der Waals surface area contributed by atoms with Crippen LogP contribution in [0.2, 0.25) is 0 Å². The Hall–Kier alpha value is -2.41. The quantitative estimate of drug-likeness (QED) is 0.526. The lowest BCUT2D eigenvalue weighted by atomic mass is 10.1. The summed E-state index contributed by atoms with van der Waals surface area (Å²) in [6.07, 6.45) is 5.30. The number of piperidine rings is 1. The van der Waals surface area contributed by atoms with Crippen LogP contribution in [0, 0.1) is 0 Å². The van der Waals surface area contributed by atoms with Gasteiger partial charge in [0.1, 0.15) is 0 Å². The van der Waals surface area contributed by atoms with Crippen molar-refractivity contribution in [2.75, 3.05) is 33.2 Å². The van der Waals surface area contributed by atoms with Crippen molar-refractivity contribution in [3.05, 3.63) is 35.7 Å². The molecule has 0 saturated carbocycles. The Morgan fingerprint density at radius 1 is 1.21 bits per heavy atom. The highest BCUT2D eigenvalue weighted by Crippen LogP contribution is 2.18. The van der Waals surface area contributed by atoms with Gasteiger partial charge in [-0.05, 0) is 49.9 Å². The maximum atomic E-state index is 5.30. The predicted octanol–water partition coefficient (Wildman–Crippen LogP) is 2.88. The number of aryl methyl sites for hydroxylation is 1. The van der Waals surface area contributed by atoms with Crippen LogP contribution in [-0.2, 0) is 12.8 Å². The van der Waals surface area contributed by atoms with E-state index in [0.29, 0.717) is 11.9 Å². The summed E-state index contributed by atoms with van der Waals surface area (Å²) in [5.74, 6) is 2.22. The Labute approximate surface area is 174 Å². The molecule has 1 aliphatic heterocycles. The fourth-order valence-electron chi connectivity index (χ4n) is 3.66. The molecule has 2 aromatic rings. The van der Waals surface area contributed by atoms with Crippen LogP contribution in [0.4, 0.5) is 0 Å². The Balaban J connectivity index is 1.41. The van der Waals surface area contributed by atoms with E-state index in [0.717, 1.165) is 36.7 Å². The van der Waals surface area contributed by atoms with Gasteiger partial charge in [0.25, 0.3) is 5.89 Å². The van der Waals surface area contributed by atoms with Gasteiger partial charge in [-0.1, -0.05) is 31.1 Å². The van der Waals surface area contributed by atoms with Crippen LogP contribution in [0.1, 0.15) is 44.5 Å². The maximum absolute atomic E-state index is 5.30. The van der Waals surface area contributed by atoms with E-state index in [4.69, 9.17) is 4.52 Å². The van der Waals surface area contributed by atoms with Gasteiger partial charge in [-0.2, -0.15) is 4.98 Å². The van der Waals surface area contributed by atoms with E-state index in [-0.39, 0.29) is 0 Å². The monoisotopic (exact) mass is 398 g/mol. The zero-order chi connectivity index (χ0) is 20.5. The van der Waals surface area contributed by atoms with E-state index in [2.05, 4.69) is 49.7 Å². The summed E-state index contributed by atoms with van der Waals surface area (Å²) in [4.78, 5) is 11.3. The fourth-order valence-corrected chi connectivity index (χ4v) is 3.66. The first-order valence-electron chi connectivity index (χ1n) is 10.8. The lowest BCUT2D eigenvalue weighted by Crippen LogP contribution is -2.49. The maximum Gasteiger partial charge on any atom is 0.257 e. The lowest BCUT2D eigenvalue weighted by Gasteiger charge is -2.32. The second-order valence-electron chi connectivity index (χ2n) is 7.58. The molecule has 0 atom stereocenters. The average Bonchev–Trinajstić information content (AvgIpc) is 3.24. The summed E-state index contributed by atoms with van der Waals surface area (Å²) < 4.78 is 5.30. The van der Waals surface area contributed by atoms with Gasteiger partial charge in [-0.15, -0.1) is 0 Å². The molecule has 0 aliphatic carbocycles. The molecule has 0 spiro atoms. The molecule has 0 radical (unpaired) electrons. The molecule has 2 heterocycles. The van der Waals surface area contributed by atoms with Crippen molar-refractivity contribution in [3.63, 3.8) is 0 Å². The minimum Gasteiger partial charge on any atom is -0.356 e. The van der Waals surface area contributed by atoms with Gasteiger partial charge in [-0.3, -0.25) is 4.99 Å². The second kappa shape index (κ2) is 11.0. The standard InChI is InChI=1S/C22H34N6O/c1-4-14-28-15-11-19(12-16-28)25-22(23-3)24-13-10-17-6-8-18(9-7-17)21-26-20(5-2)27-29-21/h6-9,19H,4-5,10-16H2,1-3H3,(H2,23,24,25). The lowest BCUT2D eigenvalue weighted by molar-refractivity contribution is 0.206. The number of nitrogens with one attached hydrogen (secondary N) is 2. The Kier molecular flexibility index (Phi) is 8.04. The number of aromatic nitrogens is 2. The number of aliphatic imine (C=N–C) groups is 1. The molecular formula is C22H34N6O. The van der Waals surface area contributed by atoms with Crippen LogP contribution >= 0.6 is 0 Å². The molecule has 0 amide bonds. The van der Waals surface area contributed by atoms with E-state index in [1.807, 2.05) is 26.1 Å². The third-order valence-electron chi connectivity index (χ3n) is 5.38. The molecule has 0 bridgehead atoms. The van der Waals surface area contributed by atoms with Crippen LogP contribution in [0.3, 0.4) is 0 Å². The zero-order valence-electron chi connectivity index (χ0n) is 17.9. The third-order valence-corrected chi connectivity index (χ3v) is 5.38. The normalized spacial score (nSPS) is 16.2. The summed E-state index contributed by atoms with van der Waals surface area (Å²) >= 11 is 0. The van der Waals surface area contributed by atoms with Gasteiger partial charge in [0.2, 0.25) is 0 Å². The summed E-state index contributed by atoms with van der Waals surface area (Å²) in [5.41, 5.74) is 2.22. The summed E-state index contributed by atoms with van der Waals surface area (Å²) in [5, 5.41) is 11.0. The number of hydrogen-bond donors (Lipinski definition) is 2. The first-order chi connectivity index (χ1) is 14.2. The molecule has 1 aliphatic rings. The molecule has 1 aromatic carbocycles. The smallest absolute Gasteiger partial charge is 0.257 e. The van der Waals surface area contributed by atoms with Gasteiger partial charge >= 0.3 is 0 Å². The number of rotatable bonds is 8. The highest BCUT2D eigenvalue weighted by Gasteiger charge is 2.19. The van der Waals surface area contributed by atoms with E-state index < -0.39 is 0 Å². The van der Waals surface area contributed by atoms with Gasteiger partial charge < -0.3 is 20.1 Å². The van der Waals surface area contributed by atoms with Crippen molar-refractivity contribution in [1.29, 1.82) is 0 Å². The second-order valence-corrected chi connectivity index (χ2v) is 7.58. The van der Waals surface area contributed by atoms with Gasteiger partial charge in [0.15, 0.2) is 11.8 Å². The minimum atomic E-state index is 0.510. The van der Waals surface area contributed by atoms with Crippen molar-refractivity contribution in [2.45, 2.75) is 52.0 Å².